The molecule has 0 bridgehead atoms. The molecule has 0 unspecified atom stereocenters. The van der Waals surface area contributed by atoms with Crippen LogP contribution in [0.1, 0.15) is 16.1 Å². The van der Waals surface area contributed by atoms with E-state index >= 15 is 0 Å². The number of benzene rings is 1. The highest BCUT2D eigenvalue weighted by Crippen LogP contribution is 2.20. The van der Waals surface area contributed by atoms with Crippen LogP contribution in [0.4, 0.5) is 5.69 Å². The Morgan fingerprint density at radius 2 is 2.32 bits per heavy atom. The Hall–Kier alpha value is -2.41. The highest BCUT2D eigenvalue weighted by molar-refractivity contribution is 6.02. The Morgan fingerprint density at radius 1 is 1.53 bits per heavy atom. The van der Waals surface area contributed by atoms with E-state index in [9.17, 15) is 9.90 Å². The van der Waals surface area contributed by atoms with E-state index in [1.165, 1.54) is 16.9 Å². The van der Waals surface area contributed by atoms with Gasteiger partial charge in [0.25, 0.3) is 5.91 Å². The van der Waals surface area contributed by atoms with E-state index in [0.29, 0.717) is 24.3 Å². The van der Waals surface area contributed by atoms with Gasteiger partial charge in [0.1, 0.15) is 5.75 Å². The second-order valence-corrected chi connectivity index (χ2v) is 4.11. The first-order chi connectivity index (χ1) is 9.10. The largest absolute Gasteiger partial charge is 0.508 e. The van der Waals surface area contributed by atoms with Crippen molar-refractivity contribution < 1.29 is 9.90 Å². The maximum atomic E-state index is 11.9. The average Bonchev–Trinajstić information content (AvgIpc) is 2.83. The van der Waals surface area contributed by atoms with Crippen LogP contribution >= 0.6 is 0 Å². The first-order valence-electron chi connectivity index (χ1n) is 5.81. The molecular weight excluding hydrogens is 246 g/mol. The number of nitrogens with zero attached hydrogens (tertiary/aromatic N) is 3. The summed E-state index contributed by atoms with van der Waals surface area (Å²) in [7, 11) is 0. The Balaban J connectivity index is 2.09. The molecule has 0 fully saturated rings. The Bertz CT molecular complexity index is 594. The summed E-state index contributed by atoms with van der Waals surface area (Å²) in [5.41, 5.74) is 6.89. The van der Waals surface area contributed by atoms with Gasteiger partial charge in [-0.1, -0.05) is 5.21 Å². The topological polar surface area (TPSA) is 106 Å². The van der Waals surface area contributed by atoms with Gasteiger partial charge in [0, 0.05) is 12.2 Å². The lowest BCUT2D eigenvalue weighted by atomic mass is 10.2. The molecule has 1 aromatic heterocycles. The number of carbonyl (C=O) groups excluding carboxylic acids is 1. The Labute approximate surface area is 110 Å². The molecule has 0 radical (unpaired) electrons. The van der Waals surface area contributed by atoms with Crippen molar-refractivity contribution in [3.05, 3.63) is 35.7 Å². The summed E-state index contributed by atoms with van der Waals surface area (Å²) < 4.78 is 1.51. The quantitative estimate of drug-likeness (QED) is 0.695. The van der Waals surface area contributed by atoms with Gasteiger partial charge in [-0.05, 0) is 30.7 Å². The van der Waals surface area contributed by atoms with Gasteiger partial charge in [0.15, 0.2) is 5.69 Å². The van der Waals surface area contributed by atoms with Crippen molar-refractivity contribution >= 4 is 11.6 Å². The van der Waals surface area contributed by atoms with Crippen LogP contribution in [0.15, 0.2) is 24.4 Å². The number of aryl methyl sites for hydroxylation is 1. The molecular formula is C12H15N5O2. The first-order valence-corrected chi connectivity index (χ1v) is 5.81. The molecule has 1 aromatic carbocycles. The fourth-order valence-corrected chi connectivity index (χ4v) is 1.57. The zero-order valence-corrected chi connectivity index (χ0v) is 10.5. The molecule has 2 aromatic rings. The molecule has 100 valence electrons. The molecule has 0 saturated heterocycles. The maximum Gasteiger partial charge on any atom is 0.277 e. The van der Waals surface area contributed by atoms with Crippen LogP contribution in [0, 0.1) is 6.92 Å². The minimum Gasteiger partial charge on any atom is -0.508 e. The van der Waals surface area contributed by atoms with E-state index in [4.69, 9.17) is 5.73 Å². The van der Waals surface area contributed by atoms with Crippen LogP contribution in [0.25, 0.3) is 0 Å². The second kappa shape index (κ2) is 5.49. The molecule has 19 heavy (non-hydrogen) atoms. The molecule has 7 heteroatoms. The molecule has 0 atom stereocenters. The van der Waals surface area contributed by atoms with Crippen LogP contribution in [0.3, 0.4) is 0 Å². The minimum absolute atomic E-state index is 0.187. The third-order valence-electron chi connectivity index (χ3n) is 2.58. The van der Waals surface area contributed by atoms with Crippen molar-refractivity contribution in [1.29, 1.82) is 0 Å². The van der Waals surface area contributed by atoms with Crippen molar-refractivity contribution in [2.24, 2.45) is 5.73 Å². The lowest BCUT2D eigenvalue weighted by Gasteiger charge is -2.05. The van der Waals surface area contributed by atoms with Crippen LogP contribution in [0.5, 0.6) is 5.75 Å². The number of anilines is 1. The van der Waals surface area contributed by atoms with Gasteiger partial charge >= 0.3 is 0 Å². The molecule has 1 amide bonds. The molecule has 0 spiro atoms. The molecule has 0 aliphatic carbocycles. The van der Waals surface area contributed by atoms with E-state index in [1.54, 1.807) is 19.1 Å². The molecule has 0 aliphatic heterocycles. The summed E-state index contributed by atoms with van der Waals surface area (Å²) in [6.45, 7) is 2.70. The predicted octanol–water partition coefficient (Wildman–Crippen LogP) is 0.503. The number of amides is 1. The number of phenols is 1. The van der Waals surface area contributed by atoms with Crippen molar-refractivity contribution in [3.63, 3.8) is 0 Å². The van der Waals surface area contributed by atoms with Gasteiger partial charge in [0.05, 0.1) is 12.7 Å². The fraction of sp³-hybridized carbons (Fsp3) is 0.250. The van der Waals surface area contributed by atoms with Gasteiger partial charge in [-0.2, -0.15) is 0 Å². The van der Waals surface area contributed by atoms with Gasteiger partial charge in [-0.15, -0.1) is 5.10 Å². The highest BCUT2D eigenvalue weighted by Gasteiger charge is 2.11. The zero-order valence-electron chi connectivity index (χ0n) is 10.5. The number of hydrogen-bond donors (Lipinski definition) is 3. The summed E-state index contributed by atoms with van der Waals surface area (Å²) in [6, 6.07) is 4.82. The maximum absolute atomic E-state index is 11.9. The number of nitrogens with one attached hydrogen (secondary N) is 1. The van der Waals surface area contributed by atoms with Gasteiger partial charge < -0.3 is 16.2 Å². The number of hydrogen-bond acceptors (Lipinski definition) is 5. The van der Waals surface area contributed by atoms with Crippen molar-refractivity contribution in [2.45, 2.75) is 13.5 Å². The van der Waals surface area contributed by atoms with E-state index in [0.717, 1.165) is 0 Å². The molecule has 0 saturated carbocycles. The zero-order chi connectivity index (χ0) is 13.8. The average molecular weight is 261 g/mol. The fourth-order valence-electron chi connectivity index (χ4n) is 1.57. The number of aromatic hydroxyl groups is 1. The van der Waals surface area contributed by atoms with Crippen molar-refractivity contribution in [2.75, 3.05) is 11.9 Å². The van der Waals surface area contributed by atoms with Crippen molar-refractivity contribution in [3.8, 4) is 5.75 Å². The smallest absolute Gasteiger partial charge is 0.277 e. The predicted molar refractivity (Wildman–Crippen MR) is 69.9 cm³/mol. The summed E-state index contributed by atoms with van der Waals surface area (Å²) in [4.78, 5) is 11.9. The Kier molecular flexibility index (Phi) is 3.76. The van der Waals surface area contributed by atoms with Gasteiger partial charge in [0.2, 0.25) is 0 Å². The number of rotatable bonds is 4. The standard InChI is InChI=1S/C12H15N5O2/c1-8-6-9(2-3-11(8)18)14-12(19)10-7-17(5-4-13)16-15-10/h2-3,6-7,18H,4-5,13H2,1H3,(H,14,19). The second-order valence-electron chi connectivity index (χ2n) is 4.11. The normalized spacial score (nSPS) is 10.4. The number of nitrogens with two attached hydrogens (primary N) is 1. The third kappa shape index (κ3) is 3.08. The number of phenolic OH excluding ortho intramolecular Hbond substituents is 1. The molecule has 1 heterocycles. The monoisotopic (exact) mass is 261 g/mol. The van der Waals surface area contributed by atoms with Gasteiger partial charge in [-0.3, -0.25) is 9.48 Å². The summed E-state index contributed by atoms with van der Waals surface area (Å²) in [6.07, 6.45) is 1.54. The lowest BCUT2D eigenvalue weighted by molar-refractivity contribution is 0.102. The lowest BCUT2D eigenvalue weighted by Crippen LogP contribution is -2.13. The third-order valence-corrected chi connectivity index (χ3v) is 2.58. The van der Waals surface area contributed by atoms with Gasteiger partial charge in [-0.25, -0.2) is 0 Å². The van der Waals surface area contributed by atoms with Crippen LogP contribution in [-0.4, -0.2) is 32.6 Å². The summed E-state index contributed by atoms with van der Waals surface area (Å²) in [5, 5.41) is 19.6. The van der Waals surface area contributed by atoms with E-state index in [1.807, 2.05) is 0 Å². The molecule has 4 N–H and O–H groups in total. The minimum atomic E-state index is -0.353. The summed E-state index contributed by atoms with van der Waals surface area (Å²) in [5.74, 6) is -0.166. The number of carbonyl (C=O) groups is 1. The summed E-state index contributed by atoms with van der Waals surface area (Å²) >= 11 is 0. The molecule has 0 aliphatic rings. The van der Waals surface area contributed by atoms with Crippen molar-refractivity contribution in [1.82, 2.24) is 15.0 Å². The highest BCUT2D eigenvalue weighted by atomic mass is 16.3. The first kappa shape index (κ1) is 13.0. The van der Waals surface area contributed by atoms with E-state index in [2.05, 4.69) is 15.6 Å². The van der Waals surface area contributed by atoms with E-state index < -0.39 is 0 Å². The molecule has 7 nitrogen and oxygen atoms in total. The SMILES string of the molecule is Cc1cc(NC(=O)c2cn(CCN)nn2)ccc1O. The number of aromatic nitrogens is 3. The van der Waals surface area contributed by atoms with Crippen LogP contribution in [-0.2, 0) is 6.54 Å². The Morgan fingerprint density at radius 3 is 3.00 bits per heavy atom. The van der Waals surface area contributed by atoms with Crippen LogP contribution < -0.4 is 11.1 Å². The molecule has 2 rings (SSSR count). The van der Waals surface area contributed by atoms with E-state index in [-0.39, 0.29) is 17.4 Å². The van der Waals surface area contributed by atoms with Crippen LogP contribution in [0.2, 0.25) is 0 Å².